The van der Waals surface area contributed by atoms with Crippen LogP contribution in [0.25, 0.3) is 0 Å². The van der Waals surface area contributed by atoms with Gasteiger partial charge in [0.1, 0.15) is 0 Å². The Morgan fingerprint density at radius 2 is 2.00 bits per heavy atom. The first-order chi connectivity index (χ1) is 12.5. The molecule has 0 aromatic heterocycles. The zero-order valence-corrected chi connectivity index (χ0v) is 15.5. The number of rotatable bonds is 3. The van der Waals surface area contributed by atoms with Gasteiger partial charge in [-0.25, -0.2) is 0 Å². The molecule has 1 amide bonds. The second-order valence-corrected chi connectivity index (χ2v) is 7.47. The first-order valence-corrected chi connectivity index (χ1v) is 9.39. The largest absolute Gasteiger partial charge is 0.322 e. The molecule has 2 aromatic rings. The van der Waals surface area contributed by atoms with Gasteiger partial charge in [-0.05, 0) is 74.2 Å². The molecule has 2 aromatic carbocycles. The van der Waals surface area contributed by atoms with Crippen molar-refractivity contribution in [1.29, 1.82) is 0 Å². The zero-order valence-electron chi connectivity index (χ0n) is 14.7. The Morgan fingerprint density at radius 1 is 1.15 bits per heavy atom. The molecule has 0 spiro atoms. The molecule has 2 heterocycles. The normalized spacial score (nSPS) is 18.9. The van der Waals surface area contributed by atoms with Gasteiger partial charge in [0.2, 0.25) is 0 Å². The summed E-state index contributed by atoms with van der Waals surface area (Å²) >= 11 is 6.03. The molecule has 1 N–H and O–H groups in total. The third-order valence-corrected chi connectivity index (χ3v) is 5.73. The number of Topliss-reactive ketones (excluding diaryl/α,β-unsaturated/α-hetero) is 1. The molecule has 1 unspecified atom stereocenters. The van der Waals surface area contributed by atoms with Gasteiger partial charge in [0.25, 0.3) is 5.91 Å². The summed E-state index contributed by atoms with van der Waals surface area (Å²) < 4.78 is 0. The summed E-state index contributed by atoms with van der Waals surface area (Å²) in [5, 5.41) is 3.33. The van der Waals surface area contributed by atoms with E-state index in [1.807, 2.05) is 6.07 Å². The Kier molecular flexibility index (Phi) is 4.55. The van der Waals surface area contributed by atoms with E-state index < -0.39 is 0 Å². The Morgan fingerprint density at radius 3 is 2.81 bits per heavy atom. The Labute approximate surface area is 158 Å². The van der Waals surface area contributed by atoms with Crippen LogP contribution in [-0.4, -0.2) is 29.7 Å². The standard InChI is InChI=1S/C21H21ClN2O2/c1-13(25)17-11-15(5-7-19(17)22)21(26)23-16-6-4-14-8-10-24-9-2-3-20(24)18(14)12-16/h4-7,11-12,20H,2-3,8-10H2,1H3,(H,23,26). The van der Waals surface area contributed by atoms with Gasteiger partial charge >= 0.3 is 0 Å². The summed E-state index contributed by atoms with van der Waals surface area (Å²) in [6.45, 7) is 3.74. The van der Waals surface area contributed by atoms with Crippen LogP contribution in [0.3, 0.4) is 0 Å². The highest BCUT2D eigenvalue weighted by Gasteiger charge is 2.31. The first kappa shape index (κ1) is 17.3. The van der Waals surface area contributed by atoms with Crippen molar-refractivity contribution in [3.63, 3.8) is 0 Å². The van der Waals surface area contributed by atoms with Crippen LogP contribution in [0.1, 0.15) is 57.7 Å². The average Bonchev–Trinajstić information content (AvgIpc) is 3.11. The number of halogens is 1. The second kappa shape index (κ2) is 6.86. The fourth-order valence-corrected chi connectivity index (χ4v) is 4.31. The van der Waals surface area contributed by atoms with Crippen molar-refractivity contribution >= 4 is 29.0 Å². The van der Waals surface area contributed by atoms with E-state index in [0.717, 1.165) is 18.7 Å². The molecule has 134 valence electrons. The molecule has 26 heavy (non-hydrogen) atoms. The number of ketones is 1. The molecule has 0 radical (unpaired) electrons. The summed E-state index contributed by atoms with van der Waals surface area (Å²) in [4.78, 5) is 26.8. The van der Waals surface area contributed by atoms with E-state index in [1.54, 1.807) is 18.2 Å². The van der Waals surface area contributed by atoms with E-state index in [0.29, 0.717) is 22.2 Å². The average molecular weight is 369 g/mol. The summed E-state index contributed by atoms with van der Waals surface area (Å²) in [5.41, 5.74) is 4.32. The molecule has 1 atom stereocenters. The maximum Gasteiger partial charge on any atom is 0.255 e. The van der Waals surface area contributed by atoms with Gasteiger partial charge in [0.05, 0.1) is 5.02 Å². The van der Waals surface area contributed by atoms with Crippen molar-refractivity contribution in [3.8, 4) is 0 Å². The van der Waals surface area contributed by atoms with Crippen LogP contribution in [0.5, 0.6) is 0 Å². The first-order valence-electron chi connectivity index (χ1n) is 9.01. The van der Waals surface area contributed by atoms with Gasteiger partial charge in [-0.2, -0.15) is 0 Å². The minimum Gasteiger partial charge on any atom is -0.322 e. The summed E-state index contributed by atoms with van der Waals surface area (Å²) in [5.74, 6) is -0.386. The van der Waals surface area contributed by atoms with Crippen molar-refractivity contribution < 1.29 is 9.59 Å². The number of fused-ring (bicyclic) bond motifs is 3. The number of nitrogens with one attached hydrogen (secondary N) is 1. The van der Waals surface area contributed by atoms with Gasteiger partial charge in [-0.1, -0.05) is 17.7 Å². The maximum absolute atomic E-state index is 12.6. The highest BCUT2D eigenvalue weighted by molar-refractivity contribution is 6.34. The number of nitrogens with zero attached hydrogens (tertiary/aromatic N) is 1. The van der Waals surface area contributed by atoms with E-state index in [9.17, 15) is 9.59 Å². The van der Waals surface area contributed by atoms with E-state index in [2.05, 4.69) is 22.3 Å². The number of carbonyl (C=O) groups is 2. The monoisotopic (exact) mass is 368 g/mol. The SMILES string of the molecule is CC(=O)c1cc(C(=O)Nc2ccc3c(c2)C2CCCN2CC3)ccc1Cl. The molecule has 0 bridgehead atoms. The predicted octanol–water partition coefficient (Wildman–Crippen LogP) is 4.49. The molecule has 2 aliphatic rings. The molecular formula is C21H21ClN2O2. The van der Waals surface area contributed by atoms with Gasteiger partial charge in [-0.3, -0.25) is 14.5 Å². The molecule has 5 heteroatoms. The number of carbonyl (C=O) groups excluding carboxylic acids is 2. The molecule has 1 fully saturated rings. The van der Waals surface area contributed by atoms with Crippen molar-refractivity contribution in [3.05, 3.63) is 63.7 Å². The van der Waals surface area contributed by atoms with Crippen molar-refractivity contribution in [2.75, 3.05) is 18.4 Å². The lowest BCUT2D eigenvalue weighted by atomic mass is 9.92. The highest BCUT2D eigenvalue weighted by atomic mass is 35.5. The van der Waals surface area contributed by atoms with Crippen molar-refractivity contribution in [1.82, 2.24) is 4.90 Å². The van der Waals surface area contributed by atoms with E-state index in [-0.39, 0.29) is 11.7 Å². The second-order valence-electron chi connectivity index (χ2n) is 7.06. The number of hydrogen-bond donors (Lipinski definition) is 1. The van der Waals surface area contributed by atoms with Crippen LogP contribution >= 0.6 is 11.6 Å². The molecule has 1 saturated heterocycles. The molecule has 0 saturated carbocycles. The number of benzene rings is 2. The summed E-state index contributed by atoms with van der Waals surface area (Å²) in [7, 11) is 0. The van der Waals surface area contributed by atoms with E-state index in [1.165, 1.54) is 37.4 Å². The number of anilines is 1. The third-order valence-electron chi connectivity index (χ3n) is 5.40. The lowest BCUT2D eigenvalue weighted by Gasteiger charge is -2.32. The maximum atomic E-state index is 12.6. The minimum atomic E-state index is -0.233. The quantitative estimate of drug-likeness (QED) is 0.812. The van der Waals surface area contributed by atoms with Gasteiger partial charge in [0.15, 0.2) is 5.78 Å². The van der Waals surface area contributed by atoms with Crippen molar-refractivity contribution in [2.45, 2.75) is 32.2 Å². The lowest BCUT2D eigenvalue weighted by Crippen LogP contribution is -2.31. The highest BCUT2D eigenvalue weighted by Crippen LogP contribution is 2.38. The lowest BCUT2D eigenvalue weighted by molar-refractivity contribution is 0.101. The summed E-state index contributed by atoms with van der Waals surface area (Å²) in [6.07, 6.45) is 3.49. The third kappa shape index (κ3) is 3.15. The minimum absolute atomic E-state index is 0.153. The number of hydrogen-bond acceptors (Lipinski definition) is 3. The van der Waals surface area contributed by atoms with Crippen LogP contribution < -0.4 is 5.32 Å². The van der Waals surface area contributed by atoms with E-state index >= 15 is 0 Å². The Balaban J connectivity index is 1.58. The fourth-order valence-electron chi connectivity index (χ4n) is 4.06. The molecule has 0 aliphatic carbocycles. The predicted molar refractivity (Wildman–Crippen MR) is 103 cm³/mol. The van der Waals surface area contributed by atoms with Gasteiger partial charge < -0.3 is 5.32 Å². The molecule has 2 aliphatic heterocycles. The molecular weight excluding hydrogens is 348 g/mol. The van der Waals surface area contributed by atoms with Crippen LogP contribution in [0.15, 0.2) is 36.4 Å². The van der Waals surface area contributed by atoms with Crippen LogP contribution in [-0.2, 0) is 6.42 Å². The fraction of sp³-hybridized carbons (Fsp3) is 0.333. The Hall–Kier alpha value is -2.17. The molecule has 4 rings (SSSR count). The topological polar surface area (TPSA) is 49.4 Å². The Bertz CT molecular complexity index is 894. The smallest absolute Gasteiger partial charge is 0.255 e. The van der Waals surface area contributed by atoms with Crippen LogP contribution in [0.4, 0.5) is 5.69 Å². The summed E-state index contributed by atoms with van der Waals surface area (Å²) in [6, 6.07) is 11.5. The van der Waals surface area contributed by atoms with Crippen LogP contribution in [0, 0.1) is 0 Å². The zero-order chi connectivity index (χ0) is 18.3. The van der Waals surface area contributed by atoms with Gasteiger partial charge in [0, 0.05) is 29.4 Å². The van der Waals surface area contributed by atoms with Crippen LogP contribution in [0.2, 0.25) is 5.02 Å². The van der Waals surface area contributed by atoms with Gasteiger partial charge in [-0.15, -0.1) is 0 Å². The van der Waals surface area contributed by atoms with Crippen molar-refractivity contribution in [2.24, 2.45) is 0 Å². The number of amides is 1. The molecule has 4 nitrogen and oxygen atoms in total. The van der Waals surface area contributed by atoms with E-state index in [4.69, 9.17) is 11.6 Å².